The van der Waals surface area contributed by atoms with Gasteiger partial charge in [-0.2, -0.15) is 0 Å². The number of likely N-dealkylation sites (N-methyl/N-ethyl adjacent to an activating group) is 1. The van der Waals surface area contributed by atoms with E-state index >= 15 is 0 Å². The summed E-state index contributed by atoms with van der Waals surface area (Å²) in [5.74, 6) is 0.415. The van der Waals surface area contributed by atoms with Crippen molar-refractivity contribution in [1.82, 2.24) is 4.90 Å². The summed E-state index contributed by atoms with van der Waals surface area (Å²) in [7, 11) is 1.89. The van der Waals surface area contributed by atoms with E-state index in [0.29, 0.717) is 30.9 Å². The Kier molecular flexibility index (Phi) is 6.15. The molecule has 29 heavy (non-hydrogen) atoms. The molecule has 154 valence electrons. The number of nitrogens with one attached hydrogen (secondary N) is 1. The van der Waals surface area contributed by atoms with Gasteiger partial charge in [0, 0.05) is 31.6 Å². The van der Waals surface area contributed by atoms with Crippen LogP contribution < -0.4 is 16.0 Å². The van der Waals surface area contributed by atoms with Gasteiger partial charge in [-0.05, 0) is 43.1 Å². The van der Waals surface area contributed by atoms with Crippen molar-refractivity contribution < 1.29 is 9.59 Å². The number of anilines is 2. The van der Waals surface area contributed by atoms with Crippen LogP contribution in [0.25, 0.3) is 0 Å². The van der Waals surface area contributed by atoms with Gasteiger partial charge in [-0.25, -0.2) is 0 Å². The van der Waals surface area contributed by atoms with Crippen LogP contribution in [-0.4, -0.2) is 49.4 Å². The number of likely N-dealkylation sites (tertiary alicyclic amines) is 1. The molecule has 0 spiro atoms. The monoisotopic (exact) mass is 414 g/mol. The van der Waals surface area contributed by atoms with Crippen LogP contribution in [0.1, 0.15) is 28.8 Å². The van der Waals surface area contributed by atoms with Gasteiger partial charge >= 0.3 is 0 Å². The first kappa shape index (κ1) is 21.1. The molecule has 2 amide bonds. The highest BCUT2D eigenvalue weighted by molar-refractivity contribution is 6.05. The van der Waals surface area contributed by atoms with Gasteiger partial charge < -0.3 is 20.9 Å². The lowest BCUT2D eigenvalue weighted by molar-refractivity contribution is -0.117. The lowest BCUT2D eigenvalue weighted by Gasteiger charge is -2.33. The maximum atomic E-state index is 13.2. The van der Waals surface area contributed by atoms with E-state index in [1.807, 2.05) is 54.1 Å². The Labute approximate surface area is 177 Å². The summed E-state index contributed by atoms with van der Waals surface area (Å²) in [6.07, 6.45) is 0. The van der Waals surface area contributed by atoms with Crippen molar-refractivity contribution in [2.24, 2.45) is 11.7 Å². The molecule has 3 N–H and O–H groups in total. The molecule has 0 aliphatic carbocycles. The molecule has 0 radical (unpaired) electrons. The molecule has 3 atom stereocenters. The Morgan fingerprint density at radius 3 is 2.59 bits per heavy atom. The Balaban J connectivity index is 0.00000240. The van der Waals surface area contributed by atoms with E-state index < -0.39 is 0 Å². The number of nitrogens with two attached hydrogens (primary N) is 1. The van der Waals surface area contributed by atoms with Crippen molar-refractivity contribution in [2.45, 2.75) is 18.9 Å². The number of carbonyl (C=O) groups is 2. The number of hydrogen-bond donors (Lipinski definition) is 2. The average molecular weight is 415 g/mol. The quantitative estimate of drug-likeness (QED) is 0.809. The highest BCUT2D eigenvalue weighted by atomic mass is 35.5. The van der Waals surface area contributed by atoms with E-state index in [9.17, 15) is 9.59 Å². The van der Waals surface area contributed by atoms with Crippen molar-refractivity contribution in [1.29, 1.82) is 0 Å². The number of halogens is 1. The smallest absolute Gasteiger partial charge is 0.253 e. The van der Waals surface area contributed by atoms with Gasteiger partial charge in [-0.3, -0.25) is 9.59 Å². The number of nitrogens with zero attached hydrogens (tertiary/aromatic N) is 2. The molecule has 0 saturated carbocycles. The Morgan fingerprint density at radius 2 is 1.90 bits per heavy atom. The average Bonchev–Trinajstić information content (AvgIpc) is 3.16. The Bertz CT molecular complexity index is 905. The van der Waals surface area contributed by atoms with Crippen LogP contribution in [0.4, 0.5) is 11.4 Å². The van der Waals surface area contributed by atoms with Crippen LogP contribution in [0.15, 0.2) is 48.5 Å². The third-order valence-electron chi connectivity index (χ3n) is 6.10. The fourth-order valence-corrected chi connectivity index (χ4v) is 4.23. The molecule has 2 aliphatic rings. The van der Waals surface area contributed by atoms with Gasteiger partial charge in [0.05, 0.1) is 11.4 Å². The van der Waals surface area contributed by atoms with Crippen molar-refractivity contribution in [2.75, 3.05) is 36.9 Å². The van der Waals surface area contributed by atoms with Gasteiger partial charge in [-0.1, -0.05) is 30.3 Å². The van der Waals surface area contributed by atoms with E-state index in [-0.39, 0.29) is 42.1 Å². The largest absolute Gasteiger partial charge is 0.361 e. The highest BCUT2D eigenvalue weighted by Gasteiger charge is 2.36. The van der Waals surface area contributed by atoms with Crippen LogP contribution in [-0.2, 0) is 4.79 Å². The summed E-state index contributed by atoms with van der Waals surface area (Å²) in [5, 5.41) is 2.91. The first-order chi connectivity index (χ1) is 13.5. The fourth-order valence-electron chi connectivity index (χ4n) is 4.23. The molecule has 1 unspecified atom stereocenters. The SMILES string of the molecule is CC1C(=O)Nc2cc(C(=O)N3C[C@@H](CN)[C@H](c4ccccc4)C3)ccc2N1C.Cl. The molecule has 2 aromatic carbocycles. The molecule has 0 aromatic heterocycles. The van der Waals surface area contributed by atoms with Crippen LogP contribution in [0.3, 0.4) is 0 Å². The first-order valence-corrected chi connectivity index (χ1v) is 9.71. The van der Waals surface area contributed by atoms with E-state index in [1.54, 1.807) is 6.07 Å². The summed E-state index contributed by atoms with van der Waals surface area (Å²) in [6, 6.07) is 15.6. The molecular weight excluding hydrogens is 388 g/mol. The molecule has 1 fully saturated rings. The molecule has 2 aliphatic heterocycles. The summed E-state index contributed by atoms with van der Waals surface area (Å²) in [4.78, 5) is 29.1. The lowest BCUT2D eigenvalue weighted by atomic mass is 9.89. The van der Waals surface area contributed by atoms with Gasteiger partial charge in [0.2, 0.25) is 5.91 Å². The van der Waals surface area contributed by atoms with E-state index in [2.05, 4.69) is 17.4 Å². The van der Waals surface area contributed by atoms with Crippen LogP contribution in [0.5, 0.6) is 0 Å². The second kappa shape index (κ2) is 8.43. The van der Waals surface area contributed by atoms with E-state index in [4.69, 9.17) is 5.73 Å². The first-order valence-electron chi connectivity index (χ1n) is 9.71. The molecule has 4 rings (SSSR count). The molecular formula is C22H27ClN4O2. The third-order valence-corrected chi connectivity index (χ3v) is 6.10. The minimum absolute atomic E-state index is 0. The number of carbonyl (C=O) groups excluding carboxylic acids is 2. The predicted octanol–water partition coefficient (Wildman–Crippen LogP) is 2.70. The minimum atomic E-state index is -0.232. The number of fused-ring (bicyclic) bond motifs is 1. The van der Waals surface area contributed by atoms with Crippen LogP contribution in [0.2, 0.25) is 0 Å². The zero-order valence-corrected chi connectivity index (χ0v) is 17.5. The summed E-state index contributed by atoms with van der Waals surface area (Å²) < 4.78 is 0. The second-order valence-corrected chi connectivity index (χ2v) is 7.73. The van der Waals surface area contributed by atoms with Crippen molar-refractivity contribution in [3.63, 3.8) is 0 Å². The van der Waals surface area contributed by atoms with Gasteiger partial charge in [0.1, 0.15) is 6.04 Å². The number of amides is 2. The topological polar surface area (TPSA) is 78.7 Å². The zero-order chi connectivity index (χ0) is 19.8. The van der Waals surface area contributed by atoms with E-state index in [0.717, 1.165) is 5.69 Å². The standard InChI is InChI=1S/C22H26N4O2.ClH/c1-14-21(27)24-19-10-16(8-9-20(19)25(14)2)22(28)26-12-17(11-23)18(13-26)15-6-4-3-5-7-15;/h3-10,14,17-18H,11-13,23H2,1-2H3,(H,24,27);1H/t14?,17-,18+;/m1./s1. The second-order valence-electron chi connectivity index (χ2n) is 7.73. The predicted molar refractivity (Wildman–Crippen MR) is 118 cm³/mol. The van der Waals surface area contributed by atoms with Crippen LogP contribution in [0, 0.1) is 5.92 Å². The highest BCUT2D eigenvalue weighted by Crippen LogP contribution is 2.35. The normalized spacial score (nSPS) is 23.3. The van der Waals surface area contributed by atoms with Gasteiger partial charge in [-0.15, -0.1) is 12.4 Å². The van der Waals surface area contributed by atoms with Gasteiger partial charge in [0.15, 0.2) is 0 Å². The Morgan fingerprint density at radius 1 is 1.17 bits per heavy atom. The molecule has 1 saturated heterocycles. The van der Waals surface area contributed by atoms with Crippen LogP contribution >= 0.6 is 12.4 Å². The fraction of sp³-hybridized carbons (Fsp3) is 0.364. The van der Waals surface area contributed by atoms with Crippen molar-refractivity contribution >= 4 is 35.6 Å². The summed E-state index contributed by atoms with van der Waals surface area (Å²) >= 11 is 0. The molecule has 0 bridgehead atoms. The number of benzene rings is 2. The summed E-state index contributed by atoms with van der Waals surface area (Å²) in [5.41, 5.74) is 9.43. The van der Waals surface area contributed by atoms with Gasteiger partial charge in [0.25, 0.3) is 5.91 Å². The third kappa shape index (κ3) is 3.82. The van der Waals surface area contributed by atoms with Crippen molar-refractivity contribution in [3.8, 4) is 0 Å². The number of hydrogen-bond acceptors (Lipinski definition) is 4. The lowest BCUT2D eigenvalue weighted by Crippen LogP contribution is -2.44. The molecule has 2 aromatic rings. The zero-order valence-electron chi connectivity index (χ0n) is 16.7. The summed E-state index contributed by atoms with van der Waals surface area (Å²) in [6.45, 7) is 3.71. The maximum absolute atomic E-state index is 13.2. The minimum Gasteiger partial charge on any atom is -0.361 e. The van der Waals surface area contributed by atoms with E-state index in [1.165, 1.54) is 5.56 Å². The number of rotatable bonds is 3. The molecule has 6 nitrogen and oxygen atoms in total. The maximum Gasteiger partial charge on any atom is 0.253 e. The Hall–Kier alpha value is -2.57. The molecule has 2 heterocycles. The van der Waals surface area contributed by atoms with Crippen molar-refractivity contribution in [3.05, 3.63) is 59.7 Å². The molecule has 7 heteroatoms.